The molecule has 3 N–H and O–H groups in total. The lowest BCUT2D eigenvalue weighted by Gasteiger charge is -2.20. The van der Waals surface area contributed by atoms with Gasteiger partial charge in [0.2, 0.25) is 5.91 Å². The van der Waals surface area contributed by atoms with Crippen molar-refractivity contribution in [2.45, 2.75) is 6.04 Å². The fourth-order valence-corrected chi connectivity index (χ4v) is 0.303. The Hall–Kier alpha value is -0.280. The average Bonchev–Trinajstić information content (AvgIpc) is 1.61. The second kappa shape index (κ2) is 2.14. The van der Waals surface area contributed by atoms with Crippen LogP contribution in [0, 0.1) is 0 Å². The minimum absolute atomic E-state index is 0. The maximum absolute atomic E-state index is 9.99. The molecule has 0 aromatic rings. The number of nitrogens with two attached hydrogens (primary N) is 1. The SMILES string of the molecule is Cl.N[C@H]1CNC1=O. The predicted octanol–water partition coefficient (Wildman–Crippen LogP) is -1.13. The number of halogens is 1. The summed E-state index contributed by atoms with van der Waals surface area (Å²) in [5.74, 6) is -0.0324. The third-order valence-electron chi connectivity index (χ3n) is 0.833. The van der Waals surface area contributed by atoms with Crippen LogP contribution >= 0.6 is 12.4 Å². The highest BCUT2D eigenvalue weighted by molar-refractivity contribution is 5.87. The molecule has 1 atom stereocenters. The molecule has 0 aromatic carbocycles. The number of hydrogen-bond donors (Lipinski definition) is 2. The number of rotatable bonds is 0. The van der Waals surface area contributed by atoms with Crippen molar-refractivity contribution < 1.29 is 4.79 Å². The van der Waals surface area contributed by atoms with Gasteiger partial charge >= 0.3 is 0 Å². The van der Waals surface area contributed by atoms with Gasteiger partial charge in [-0.15, -0.1) is 12.4 Å². The van der Waals surface area contributed by atoms with E-state index < -0.39 is 0 Å². The van der Waals surface area contributed by atoms with Crippen LogP contribution in [0.1, 0.15) is 0 Å². The lowest BCUT2D eigenvalue weighted by Crippen LogP contribution is -2.58. The maximum atomic E-state index is 9.99. The van der Waals surface area contributed by atoms with Gasteiger partial charge in [-0.05, 0) is 0 Å². The van der Waals surface area contributed by atoms with Crippen LogP contribution in [0.4, 0.5) is 0 Å². The summed E-state index contributed by atoms with van der Waals surface area (Å²) in [6, 6.07) is -0.218. The molecule has 1 saturated heterocycles. The van der Waals surface area contributed by atoms with Crippen molar-refractivity contribution in [2.75, 3.05) is 6.54 Å². The third kappa shape index (κ3) is 1.04. The van der Waals surface area contributed by atoms with E-state index in [4.69, 9.17) is 5.73 Å². The quantitative estimate of drug-likeness (QED) is 0.400. The van der Waals surface area contributed by atoms with Crippen molar-refractivity contribution in [2.24, 2.45) is 5.73 Å². The fraction of sp³-hybridized carbons (Fsp3) is 0.667. The molecular formula is C3H7ClN2O. The van der Waals surface area contributed by atoms with Crippen LogP contribution in [0.2, 0.25) is 0 Å². The van der Waals surface area contributed by atoms with E-state index in [0.29, 0.717) is 6.54 Å². The van der Waals surface area contributed by atoms with E-state index in [2.05, 4.69) is 5.32 Å². The zero-order chi connectivity index (χ0) is 4.57. The van der Waals surface area contributed by atoms with Gasteiger partial charge in [-0.25, -0.2) is 0 Å². The Morgan fingerprint density at radius 2 is 2.29 bits per heavy atom. The van der Waals surface area contributed by atoms with Crippen molar-refractivity contribution in [1.82, 2.24) is 5.32 Å². The molecule has 42 valence electrons. The predicted molar refractivity (Wildman–Crippen MR) is 28.2 cm³/mol. The second-order valence-corrected chi connectivity index (χ2v) is 1.35. The number of amides is 1. The normalized spacial score (nSPS) is 27.0. The molecule has 1 rings (SSSR count). The molecule has 7 heavy (non-hydrogen) atoms. The maximum Gasteiger partial charge on any atom is 0.238 e. The van der Waals surface area contributed by atoms with Crippen LogP contribution in [-0.2, 0) is 4.79 Å². The fourth-order valence-electron chi connectivity index (χ4n) is 0.303. The van der Waals surface area contributed by atoms with E-state index in [1.165, 1.54) is 0 Å². The van der Waals surface area contributed by atoms with Gasteiger partial charge in [-0.1, -0.05) is 0 Å². The van der Waals surface area contributed by atoms with E-state index >= 15 is 0 Å². The number of carbonyl (C=O) groups excluding carboxylic acids is 1. The largest absolute Gasteiger partial charge is 0.353 e. The molecule has 3 nitrogen and oxygen atoms in total. The molecular weight excluding hydrogens is 115 g/mol. The first-order chi connectivity index (χ1) is 2.80. The summed E-state index contributed by atoms with van der Waals surface area (Å²) in [7, 11) is 0. The molecule has 4 heteroatoms. The number of β-lactam (4-membered cyclic amide) rings is 1. The number of hydrogen-bond acceptors (Lipinski definition) is 2. The molecule has 0 saturated carbocycles. The first-order valence-corrected chi connectivity index (χ1v) is 1.84. The molecule has 0 unspecified atom stereocenters. The highest BCUT2D eigenvalue weighted by Crippen LogP contribution is 1.85. The summed E-state index contributed by atoms with van der Waals surface area (Å²) in [5, 5.41) is 2.49. The Labute approximate surface area is 47.7 Å². The van der Waals surface area contributed by atoms with Crippen molar-refractivity contribution in [1.29, 1.82) is 0 Å². The molecule has 0 aliphatic carbocycles. The van der Waals surface area contributed by atoms with Gasteiger partial charge in [0.25, 0.3) is 0 Å². The molecule has 0 spiro atoms. The summed E-state index contributed by atoms with van der Waals surface area (Å²) < 4.78 is 0. The number of carbonyl (C=O) groups is 1. The molecule has 1 heterocycles. The summed E-state index contributed by atoms with van der Waals surface area (Å²) in [6.07, 6.45) is 0. The topological polar surface area (TPSA) is 55.1 Å². The zero-order valence-corrected chi connectivity index (χ0v) is 4.49. The van der Waals surface area contributed by atoms with Crippen molar-refractivity contribution in [3.05, 3.63) is 0 Å². The van der Waals surface area contributed by atoms with E-state index in [-0.39, 0.29) is 24.4 Å². The highest BCUT2D eigenvalue weighted by atomic mass is 35.5. The van der Waals surface area contributed by atoms with E-state index in [9.17, 15) is 4.79 Å². The van der Waals surface area contributed by atoms with Gasteiger partial charge in [0.05, 0.1) is 0 Å². The van der Waals surface area contributed by atoms with Crippen molar-refractivity contribution in [3.63, 3.8) is 0 Å². The van der Waals surface area contributed by atoms with E-state index in [1.54, 1.807) is 0 Å². The smallest absolute Gasteiger partial charge is 0.238 e. The highest BCUT2D eigenvalue weighted by Gasteiger charge is 2.21. The van der Waals surface area contributed by atoms with Crippen LogP contribution < -0.4 is 11.1 Å². The minimum atomic E-state index is -0.218. The van der Waals surface area contributed by atoms with Crippen LogP contribution in [0.25, 0.3) is 0 Å². The lowest BCUT2D eigenvalue weighted by atomic mass is 10.2. The standard InChI is InChI=1S/C3H6N2O.ClH/c4-2-1-5-3(2)6;/h2H,1,4H2,(H,5,6);1H/t2-;/m0./s1. The van der Waals surface area contributed by atoms with Gasteiger partial charge in [0.1, 0.15) is 6.04 Å². The van der Waals surface area contributed by atoms with Crippen LogP contribution in [0.3, 0.4) is 0 Å². The van der Waals surface area contributed by atoms with Crippen LogP contribution in [0.5, 0.6) is 0 Å². The van der Waals surface area contributed by atoms with Gasteiger partial charge in [0.15, 0.2) is 0 Å². The lowest BCUT2D eigenvalue weighted by molar-refractivity contribution is -0.127. The van der Waals surface area contributed by atoms with Crippen LogP contribution in [0.15, 0.2) is 0 Å². The first kappa shape index (κ1) is 6.72. The third-order valence-corrected chi connectivity index (χ3v) is 0.833. The Morgan fingerprint density at radius 3 is 2.29 bits per heavy atom. The first-order valence-electron chi connectivity index (χ1n) is 1.84. The Morgan fingerprint density at radius 1 is 1.86 bits per heavy atom. The number of nitrogens with one attached hydrogen (secondary N) is 1. The summed E-state index contributed by atoms with van der Waals surface area (Å²) >= 11 is 0. The Balaban J connectivity index is 0.000000360. The average molecular weight is 123 g/mol. The van der Waals surface area contributed by atoms with Crippen molar-refractivity contribution >= 4 is 18.3 Å². The van der Waals surface area contributed by atoms with E-state index in [1.807, 2.05) is 0 Å². The van der Waals surface area contributed by atoms with Gasteiger partial charge in [-0.2, -0.15) is 0 Å². The molecule has 0 radical (unpaired) electrons. The Bertz CT molecular complexity index is 85.0. The zero-order valence-electron chi connectivity index (χ0n) is 3.68. The van der Waals surface area contributed by atoms with Gasteiger partial charge in [0, 0.05) is 6.54 Å². The minimum Gasteiger partial charge on any atom is -0.353 e. The van der Waals surface area contributed by atoms with Gasteiger partial charge < -0.3 is 11.1 Å². The summed E-state index contributed by atoms with van der Waals surface area (Å²) in [6.45, 7) is 0.652. The summed E-state index contributed by atoms with van der Waals surface area (Å²) in [4.78, 5) is 9.99. The molecule has 1 aliphatic heterocycles. The van der Waals surface area contributed by atoms with Crippen LogP contribution in [-0.4, -0.2) is 18.5 Å². The molecule has 1 amide bonds. The second-order valence-electron chi connectivity index (χ2n) is 1.35. The Kier molecular flexibility index (Phi) is 2.05. The molecule has 1 aliphatic rings. The van der Waals surface area contributed by atoms with Gasteiger partial charge in [-0.3, -0.25) is 4.79 Å². The monoisotopic (exact) mass is 122 g/mol. The molecule has 0 bridgehead atoms. The summed E-state index contributed by atoms with van der Waals surface area (Å²) in [5.41, 5.74) is 5.11. The molecule has 0 aromatic heterocycles. The van der Waals surface area contributed by atoms with Crippen molar-refractivity contribution in [3.8, 4) is 0 Å². The molecule has 1 fully saturated rings. The van der Waals surface area contributed by atoms with E-state index in [0.717, 1.165) is 0 Å².